The van der Waals surface area contributed by atoms with Crippen LogP contribution in [-0.4, -0.2) is 9.55 Å². The minimum Gasteiger partial charge on any atom is -0.446 e. The first-order valence-corrected chi connectivity index (χ1v) is 5.75. The second kappa shape index (κ2) is 4.02. The van der Waals surface area contributed by atoms with Gasteiger partial charge in [0.25, 0.3) is 0 Å². The summed E-state index contributed by atoms with van der Waals surface area (Å²) in [6, 6.07) is 3.95. The van der Waals surface area contributed by atoms with Crippen LogP contribution in [0.15, 0.2) is 27.4 Å². The van der Waals surface area contributed by atoms with Crippen molar-refractivity contribution < 1.29 is 4.42 Å². The lowest BCUT2D eigenvalue weighted by molar-refractivity contribution is 0.534. The van der Waals surface area contributed by atoms with Crippen LogP contribution in [0.4, 0.5) is 0 Å². The van der Waals surface area contributed by atoms with Crippen LogP contribution in [0.1, 0.15) is 19.9 Å². The number of halogens is 2. The Kier molecular flexibility index (Phi) is 2.89. The topological polar surface area (TPSA) is 31.0 Å². The lowest BCUT2D eigenvalue weighted by Gasteiger charge is -2.10. The molecule has 3 nitrogen and oxygen atoms in total. The normalized spacial score (nSPS) is 11.3. The number of hydrogen-bond acceptors (Lipinski definition) is 2. The molecule has 0 atom stereocenters. The molecule has 0 unspecified atom stereocenters. The van der Waals surface area contributed by atoms with Gasteiger partial charge in [-0.25, -0.2) is 4.98 Å². The van der Waals surface area contributed by atoms with Crippen LogP contribution in [0.5, 0.6) is 0 Å². The van der Waals surface area contributed by atoms with Crippen molar-refractivity contribution in [2.24, 2.45) is 0 Å². The van der Waals surface area contributed by atoms with Crippen molar-refractivity contribution in [3.05, 3.63) is 28.2 Å². The summed E-state index contributed by atoms with van der Waals surface area (Å²) in [6.07, 6.45) is 1.63. The maximum atomic E-state index is 6.04. The van der Waals surface area contributed by atoms with Gasteiger partial charge in [-0.05, 0) is 41.9 Å². The number of nitrogens with zero attached hydrogens (tertiary/aromatic N) is 2. The van der Waals surface area contributed by atoms with Crippen LogP contribution in [0.3, 0.4) is 0 Å². The summed E-state index contributed by atoms with van der Waals surface area (Å²) in [4.78, 5) is 4.24. The lowest BCUT2D eigenvalue weighted by Crippen LogP contribution is -2.02. The predicted octanol–water partition coefficient (Wildman–Crippen LogP) is 4.14. The Hall–Kier alpha value is -0.740. The van der Waals surface area contributed by atoms with Crippen molar-refractivity contribution in [1.82, 2.24) is 9.55 Å². The second-order valence-corrected chi connectivity index (χ2v) is 4.64. The summed E-state index contributed by atoms with van der Waals surface area (Å²) in [5.74, 6) is 1.46. The Labute approximate surface area is 101 Å². The molecule has 0 amide bonds. The number of imidazole rings is 1. The van der Waals surface area contributed by atoms with Gasteiger partial charge in [0, 0.05) is 6.04 Å². The molecule has 0 saturated carbocycles. The van der Waals surface area contributed by atoms with E-state index in [1.54, 1.807) is 6.20 Å². The van der Waals surface area contributed by atoms with Gasteiger partial charge in [0.1, 0.15) is 5.15 Å². The van der Waals surface area contributed by atoms with Gasteiger partial charge in [-0.15, -0.1) is 0 Å². The van der Waals surface area contributed by atoms with E-state index in [4.69, 9.17) is 16.0 Å². The van der Waals surface area contributed by atoms with E-state index in [0.29, 0.717) is 15.6 Å². The van der Waals surface area contributed by atoms with Gasteiger partial charge in [-0.2, -0.15) is 0 Å². The van der Waals surface area contributed by atoms with Gasteiger partial charge in [0.2, 0.25) is 0 Å². The van der Waals surface area contributed by atoms with E-state index in [0.717, 1.165) is 5.82 Å². The fourth-order valence-electron chi connectivity index (χ4n) is 1.45. The molecule has 2 aromatic heterocycles. The van der Waals surface area contributed by atoms with Crippen molar-refractivity contribution >= 4 is 27.5 Å². The van der Waals surface area contributed by atoms with Crippen LogP contribution in [0, 0.1) is 0 Å². The molecule has 5 heteroatoms. The Bertz CT molecular complexity index is 475. The predicted molar refractivity (Wildman–Crippen MR) is 63.0 cm³/mol. The summed E-state index contributed by atoms with van der Waals surface area (Å²) in [7, 11) is 0. The van der Waals surface area contributed by atoms with Crippen molar-refractivity contribution in [2.45, 2.75) is 19.9 Å². The maximum Gasteiger partial charge on any atom is 0.177 e. The molecule has 0 aliphatic rings. The summed E-state index contributed by atoms with van der Waals surface area (Å²) in [6.45, 7) is 4.10. The molecule has 0 N–H and O–H groups in total. The summed E-state index contributed by atoms with van der Waals surface area (Å²) >= 11 is 9.30. The van der Waals surface area contributed by atoms with E-state index < -0.39 is 0 Å². The van der Waals surface area contributed by atoms with E-state index in [1.807, 2.05) is 16.7 Å². The Morgan fingerprint density at radius 3 is 2.73 bits per heavy atom. The summed E-state index contributed by atoms with van der Waals surface area (Å²) in [5.41, 5.74) is 0. The van der Waals surface area contributed by atoms with Crippen LogP contribution in [0.2, 0.25) is 5.15 Å². The first kappa shape index (κ1) is 10.8. The average Bonchev–Trinajstić information content (AvgIpc) is 2.71. The third-order valence-corrected chi connectivity index (χ3v) is 2.77. The highest BCUT2D eigenvalue weighted by Crippen LogP contribution is 2.29. The van der Waals surface area contributed by atoms with Crippen LogP contribution in [-0.2, 0) is 0 Å². The van der Waals surface area contributed by atoms with Gasteiger partial charge in [-0.3, -0.25) is 0 Å². The summed E-state index contributed by atoms with van der Waals surface area (Å²) in [5, 5.41) is 0.618. The molecule has 15 heavy (non-hydrogen) atoms. The van der Waals surface area contributed by atoms with Gasteiger partial charge in [0.05, 0.1) is 6.20 Å². The van der Waals surface area contributed by atoms with E-state index in [9.17, 15) is 0 Å². The first-order chi connectivity index (χ1) is 7.09. The number of aromatic nitrogens is 2. The molecule has 0 fully saturated rings. The average molecular weight is 290 g/mol. The van der Waals surface area contributed by atoms with Gasteiger partial charge < -0.3 is 8.98 Å². The Balaban J connectivity index is 2.53. The molecule has 0 aliphatic heterocycles. The van der Waals surface area contributed by atoms with Crippen molar-refractivity contribution in [3.63, 3.8) is 0 Å². The number of furan rings is 1. The molecule has 0 bridgehead atoms. The highest BCUT2D eigenvalue weighted by molar-refractivity contribution is 9.10. The minimum atomic E-state index is 0.249. The molecule has 2 aromatic rings. The SMILES string of the molecule is CC(C)n1c(Cl)cnc1-c1ccc(Br)o1. The van der Waals surface area contributed by atoms with Crippen molar-refractivity contribution in [2.75, 3.05) is 0 Å². The standard InChI is InChI=1S/C10H10BrClN2O/c1-6(2)14-9(12)5-13-10(14)7-3-4-8(11)15-7/h3-6H,1-2H3. The Morgan fingerprint density at radius 2 is 2.20 bits per heavy atom. The molecule has 80 valence electrons. The molecule has 0 radical (unpaired) electrons. The fraction of sp³-hybridized carbons (Fsp3) is 0.300. The molecule has 0 spiro atoms. The van der Waals surface area contributed by atoms with E-state index in [1.165, 1.54) is 0 Å². The third kappa shape index (κ3) is 1.96. The number of hydrogen-bond donors (Lipinski definition) is 0. The van der Waals surface area contributed by atoms with Crippen LogP contribution >= 0.6 is 27.5 Å². The molecule has 2 heterocycles. The van der Waals surface area contributed by atoms with Crippen molar-refractivity contribution in [1.29, 1.82) is 0 Å². The van der Waals surface area contributed by atoms with E-state index in [-0.39, 0.29) is 6.04 Å². The van der Waals surface area contributed by atoms with E-state index in [2.05, 4.69) is 34.8 Å². The second-order valence-electron chi connectivity index (χ2n) is 3.47. The highest BCUT2D eigenvalue weighted by Gasteiger charge is 2.15. The molecular weight excluding hydrogens is 279 g/mol. The monoisotopic (exact) mass is 288 g/mol. The van der Waals surface area contributed by atoms with Crippen LogP contribution < -0.4 is 0 Å². The van der Waals surface area contributed by atoms with E-state index >= 15 is 0 Å². The molecule has 0 saturated heterocycles. The lowest BCUT2D eigenvalue weighted by atomic mass is 10.3. The van der Waals surface area contributed by atoms with Gasteiger partial charge in [-0.1, -0.05) is 11.6 Å². The quantitative estimate of drug-likeness (QED) is 0.832. The zero-order chi connectivity index (χ0) is 11.0. The molecule has 0 aliphatic carbocycles. The third-order valence-electron chi connectivity index (χ3n) is 2.06. The molecule has 2 rings (SSSR count). The largest absolute Gasteiger partial charge is 0.446 e. The zero-order valence-electron chi connectivity index (χ0n) is 8.37. The smallest absolute Gasteiger partial charge is 0.177 e. The highest BCUT2D eigenvalue weighted by atomic mass is 79.9. The molecular formula is C10H10BrClN2O. The number of rotatable bonds is 2. The van der Waals surface area contributed by atoms with Gasteiger partial charge in [0.15, 0.2) is 16.3 Å². The maximum absolute atomic E-state index is 6.04. The van der Waals surface area contributed by atoms with Crippen LogP contribution in [0.25, 0.3) is 11.6 Å². The first-order valence-electron chi connectivity index (χ1n) is 4.58. The molecule has 0 aromatic carbocycles. The Morgan fingerprint density at radius 1 is 1.47 bits per heavy atom. The van der Waals surface area contributed by atoms with Gasteiger partial charge >= 0.3 is 0 Å². The van der Waals surface area contributed by atoms with Crippen molar-refractivity contribution in [3.8, 4) is 11.6 Å². The zero-order valence-corrected chi connectivity index (χ0v) is 10.7. The minimum absolute atomic E-state index is 0.249. The summed E-state index contributed by atoms with van der Waals surface area (Å²) < 4.78 is 8.06. The fourth-order valence-corrected chi connectivity index (χ4v) is 2.08.